The Labute approximate surface area is 112 Å². The topological polar surface area (TPSA) is 94.8 Å². The van der Waals surface area contributed by atoms with Crippen LogP contribution >= 0.6 is 11.3 Å². The van der Waals surface area contributed by atoms with E-state index in [2.05, 4.69) is 0 Å². The lowest BCUT2D eigenvalue weighted by atomic mass is 10.0. The first kappa shape index (κ1) is 13.4. The molecule has 100 valence electrons. The summed E-state index contributed by atoms with van der Waals surface area (Å²) in [6.45, 7) is 1.48. The normalized spacial score (nSPS) is 12.5. The summed E-state index contributed by atoms with van der Waals surface area (Å²) in [7, 11) is 0. The number of carbonyl (C=O) groups excluding carboxylic acids is 1. The van der Waals surface area contributed by atoms with Crippen molar-refractivity contribution in [3.05, 3.63) is 23.1 Å². The number of carbonyl (C=O) groups is 2. The Hall–Kier alpha value is -2.08. The Balaban J connectivity index is 2.31. The fourth-order valence-corrected chi connectivity index (χ4v) is 2.69. The number of fused-ring (bicyclic) bond motifs is 1. The number of phenolic OH excluding ortho intramolecular Hbond substituents is 2. The molecule has 0 aliphatic rings. The van der Waals surface area contributed by atoms with Crippen molar-refractivity contribution in [1.29, 1.82) is 0 Å². The smallest absolute Gasteiger partial charge is 0.306 e. The summed E-state index contributed by atoms with van der Waals surface area (Å²) in [4.78, 5) is 23.1. The lowest BCUT2D eigenvalue weighted by Gasteiger charge is -2.02. The minimum Gasteiger partial charge on any atom is -0.504 e. The molecule has 1 heterocycles. The summed E-state index contributed by atoms with van der Waals surface area (Å²) in [6.07, 6.45) is -0.0693. The van der Waals surface area contributed by atoms with Gasteiger partial charge in [0.05, 0.1) is 10.8 Å². The third kappa shape index (κ3) is 2.68. The van der Waals surface area contributed by atoms with Crippen molar-refractivity contribution in [2.24, 2.45) is 5.92 Å². The van der Waals surface area contributed by atoms with Crippen molar-refractivity contribution in [1.82, 2.24) is 0 Å². The second-order valence-electron chi connectivity index (χ2n) is 4.36. The molecule has 0 saturated heterocycles. The number of rotatable bonds is 4. The zero-order chi connectivity index (χ0) is 14.2. The molecule has 2 aromatic rings. The molecule has 2 rings (SSSR count). The summed E-state index contributed by atoms with van der Waals surface area (Å²) in [5.41, 5.74) is 0. The first-order chi connectivity index (χ1) is 8.88. The highest BCUT2D eigenvalue weighted by atomic mass is 32.1. The monoisotopic (exact) mass is 280 g/mol. The van der Waals surface area contributed by atoms with Gasteiger partial charge in [0.25, 0.3) is 0 Å². The van der Waals surface area contributed by atoms with E-state index in [1.807, 2.05) is 0 Å². The lowest BCUT2D eigenvalue weighted by Crippen LogP contribution is -2.13. The number of thiophene rings is 1. The van der Waals surface area contributed by atoms with Crippen LogP contribution < -0.4 is 0 Å². The number of phenols is 2. The van der Waals surface area contributed by atoms with Crippen LogP contribution in [0.25, 0.3) is 10.1 Å². The van der Waals surface area contributed by atoms with Crippen LogP contribution in [0.3, 0.4) is 0 Å². The van der Waals surface area contributed by atoms with E-state index in [0.29, 0.717) is 15.0 Å². The molecule has 0 aliphatic carbocycles. The van der Waals surface area contributed by atoms with E-state index in [4.69, 9.17) is 5.11 Å². The number of aliphatic carboxylic acids is 1. The van der Waals surface area contributed by atoms with E-state index in [-0.39, 0.29) is 23.7 Å². The zero-order valence-electron chi connectivity index (χ0n) is 10.1. The molecule has 0 amide bonds. The van der Waals surface area contributed by atoms with Gasteiger partial charge in [-0.15, -0.1) is 11.3 Å². The predicted molar refractivity (Wildman–Crippen MR) is 70.9 cm³/mol. The average Bonchev–Trinajstić information content (AvgIpc) is 2.72. The predicted octanol–water partition coefficient (Wildman–Crippen LogP) is 2.61. The molecule has 1 aromatic carbocycles. The van der Waals surface area contributed by atoms with Gasteiger partial charge in [-0.3, -0.25) is 9.59 Å². The second-order valence-corrected chi connectivity index (χ2v) is 5.44. The molecular formula is C13H12O5S. The molecule has 6 heteroatoms. The van der Waals surface area contributed by atoms with E-state index >= 15 is 0 Å². The molecule has 0 saturated carbocycles. The summed E-state index contributed by atoms with van der Waals surface area (Å²) in [5, 5.41) is 28.2. The molecule has 0 bridgehead atoms. The second kappa shape index (κ2) is 4.89. The van der Waals surface area contributed by atoms with E-state index in [0.717, 1.165) is 0 Å². The molecule has 3 N–H and O–H groups in total. The summed E-state index contributed by atoms with van der Waals surface area (Å²) in [5.74, 6) is -2.49. The van der Waals surface area contributed by atoms with Gasteiger partial charge in [-0.25, -0.2) is 0 Å². The molecule has 1 aromatic heterocycles. The summed E-state index contributed by atoms with van der Waals surface area (Å²) >= 11 is 1.17. The van der Waals surface area contributed by atoms with Gasteiger partial charge in [0.1, 0.15) is 0 Å². The van der Waals surface area contributed by atoms with Gasteiger partial charge in [-0.05, 0) is 17.5 Å². The molecule has 5 nitrogen and oxygen atoms in total. The van der Waals surface area contributed by atoms with Crippen molar-refractivity contribution in [3.8, 4) is 11.5 Å². The quantitative estimate of drug-likeness (QED) is 0.591. The number of carboxylic acid groups (broad SMARTS) is 1. The van der Waals surface area contributed by atoms with Crippen molar-refractivity contribution >= 4 is 33.2 Å². The minimum absolute atomic E-state index is 0.0693. The molecule has 0 spiro atoms. The first-order valence-electron chi connectivity index (χ1n) is 5.60. The van der Waals surface area contributed by atoms with Crippen LogP contribution in [0.4, 0.5) is 0 Å². The summed E-state index contributed by atoms with van der Waals surface area (Å²) < 4.78 is 0.668. The molecule has 1 atom stereocenters. The fourth-order valence-electron chi connectivity index (χ4n) is 1.67. The van der Waals surface area contributed by atoms with Gasteiger partial charge in [0, 0.05) is 17.2 Å². The Morgan fingerprint density at radius 2 is 1.84 bits per heavy atom. The Kier molecular flexibility index (Phi) is 3.44. The average molecular weight is 280 g/mol. The maximum atomic E-state index is 11.9. The van der Waals surface area contributed by atoms with Gasteiger partial charge < -0.3 is 15.3 Å². The number of Topliss-reactive ketones (excluding diaryl/α,β-unsaturated/α-hetero) is 1. The van der Waals surface area contributed by atoms with Crippen molar-refractivity contribution in [2.75, 3.05) is 0 Å². The molecule has 0 fully saturated rings. The van der Waals surface area contributed by atoms with Gasteiger partial charge in [0.2, 0.25) is 0 Å². The number of hydrogen-bond acceptors (Lipinski definition) is 5. The van der Waals surface area contributed by atoms with Gasteiger partial charge in [0.15, 0.2) is 17.3 Å². The van der Waals surface area contributed by atoms with Crippen LogP contribution in [-0.2, 0) is 4.79 Å². The Morgan fingerprint density at radius 1 is 1.21 bits per heavy atom. The van der Waals surface area contributed by atoms with Crippen LogP contribution in [0.1, 0.15) is 23.0 Å². The maximum absolute atomic E-state index is 11.9. The van der Waals surface area contributed by atoms with Crippen molar-refractivity contribution < 1.29 is 24.9 Å². The fraction of sp³-hybridized carbons (Fsp3) is 0.231. The van der Waals surface area contributed by atoms with Crippen molar-refractivity contribution in [2.45, 2.75) is 13.3 Å². The van der Waals surface area contributed by atoms with Gasteiger partial charge in [-0.1, -0.05) is 6.92 Å². The third-order valence-electron chi connectivity index (χ3n) is 2.80. The Bertz CT molecular complexity index is 619. The van der Waals surface area contributed by atoms with E-state index in [1.54, 1.807) is 6.07 Å². The van der Waals surface area contributed by atoms with Gasteiger partial charge >= 0.3 is 5.97 Å². The van der Waals surface area contributed by atoms with Crippen LogP contribution in [0.2, 0.25) is 0 Å². The molecular weight excluding hydrogens is 268 g/mol. The van der Waals surface area contributed by atoms with E-state index in [9.17, 15) is 19.8 Å². The maximum Gasteiger partial charge on any atom is 0.306 e. The largest absolute Gasteiger partial charge is 0.504 e. The van der Waals surface area contributed by atoms with Gasteiger partial charge in [-0.2, -0.15) is 0 Å². The highest BCUT2D eigenvalue weighted by Gasteiger charge is 2.19. The molecule has 1 unspecified atom stereocenters. The summed E-state index contributed by atoms with van der Waals surface area (Å²) in [6, 6.07) is 4.35. The molecule has 19 heavy (non-hydrogen) atoms. The lowest BCUT2D eigenvalue weighted by molar-refractivity contribution is -0.141. The zero-order valence-corrected chi connectivity index (χ0v) is 10.9. The van der Waals surface area contributed by atoms with Crippen LogP contribution in [0.5, 0.6) is 11.5 Å². The van der Waals surface area contributed by atoms with Crippen molar-refractivity contribution in [3.63, 3.8) is 0 Å². The van der Waals surface area contributed by atoms with Crippen LogP contribution in [-0.4, -0.2) is 27.1 Å². The number of carboxylic acids is 1. The molecule has 0 aliphatic heterocycles. The number of aromatic hydroxyl groups is 2. The van der Waals surface area contributed by atoms with Crippen LogP contribution in [0.15, 0.2) is 18.2 Å². The van der Waals surface area contributed by atoms with E-state index < -0.39 is 11.9 Å². The Morgan fingerprint density at radius 3 is 2.47 bits per heavy atom. The first-order valence-corrected chi connectivity index (χ1v) is 6.41. The number of benzene rings is 1. The number of hydrogen-bond donors (Lipinski definition) is 3. The third-order valence-corrected chi connectivity index (χ3v) is 3.94. The number of ketones is 1. The highest BCUT2D eigenvalue weighted by Crippen LogP contribution is 2.35. The standard InChI is InChI=1S/C13H12O5S/c1-6(13(17)18)2-10(16)12-4-7-3-8(14)9(15)5-11(7)19-12/h3-6,14-15H,2H2,1H3,(H,17,18). The van der Waals surface area contributed by atoms with Crippen LogP contribution in [0, 0.1) is 5.92 Å². The molecule has 0 radical (unpaired) electrons. The highest BCUT2D eigenvalue weighted by molar-refractivity contribution is 7.20. The van der Waals surface area contributed by atoms with E-state index in [1.165, 1.54) is 30.4 Å². The minimum atomic E-state index is -1.01. The SMILES string of the molecule is CC(CC(=O)c1cc2cc(O)c(O)cc2s1)C(=O)O.